The number of thiophene rings is 1. The highest BCUT2D eigenvalue weighted by atomic mass is 32.1. The van der Waals surface area contributed by atoms with Crippen molar-refractivity contribution in [1.29, 1.82) is 0 Å². The molecule has 7 heteroatoms. The molecule has 21 heavy (non-hydrogen) atoms. The number of nitrogens with one attached hydrogen (secondary N) is 1. The van der Waals surface area contributed by atoms with Crippen LogP contribution in [-0.4, -0.2) is 46.9 Å². The molecular weight excluding hydrogens is 292 g/mol. The molecule has 1 atom stereocenters. The maximum Gasteiger partial charge on any atom is 0.265 e. The molecule has 1 aromatic heterocycles. The largest absolute Gasteiger partial charge is 0.384 e. The zero-order chi connectivity index (χ0) is 15.4. The highest BCUT2D eigenvalue weighted by molar-refractivity contribution is 7.14. The fourth-order valence-corrected chi connectivity index (χ4v) is 2.91. The van der Waals surface area contributed by atoms with Crippen molar-refractivity contribution in [2.24, 2.45) is 0 Å². The molecule has 2 heterocycles. The van der Waals surface area contributed by atoms with E-state index in [2.05, 4.69) is 17.2 Å². The second-order valence-corrected chi connectivity index (χ2v) is 5.48. The van der Waals surface area contributed by atoms with Gasteiger partial charge in [-0.05, 0) is 18.6 Å². The van der Waals surface area contributed by atoms with E-state index in [4.69, 9.17) is 5.11 Å². The van der Waals surface area contributed by atoms with Crippen molar-refractivity contribution in [3.63, 3.8) is 0 Å². The summed E-state index contributed by atoms with van der Waals surface area (Å²) in [6.45, 7) is 1.41. The Balaban J connectivity index is 2.23. The molecule has 2 N–H and O–H groups in total. The molecule has 6 nitrogen and oxygen atoms in total. The molecule has 0 spiro atoms. The molecule has 1 aliphatic rings. The molecule has 1 aliphatic heterocycles. The first-order chi connectivity index (χ1) is 10.1. The van der Waals surface area contributed by atoms with Gasteiger partial charge in [-0.2, -0.15) is 0 Å². The summed E-state index contributed by atoms with van der Waals surface area (Å²) in [6.07, 6.45) is 0.438. The van der Waals surface area contributed by atoms with Crippen LogP contribution in [0.3, 0.4) is 0 Å². The van der Waals surface area contributed by atoms with E-state index < -0.39 is 17.9 Å². The Morgan fingerprint density at radius 3 is 2.95 bits per heavy atom. The first-order valence-corrected chi connectivity index (χ1v) is 7.22. The Hall–Kier alpha value is -2.17. The normalized spacial score (nSPS) is 18.0. The zero-order valence-corrected chi connectivity index (χ0v) is 12.2. The van der Waals surface area contributed by atoms with E-state index in [-0.39, 0.29) is 19.1 Å². The number of hydrogen-bond donors (Lipinski definition) is 2. The smallest absolute Gasteiger partial charge is 0.265 e. The third-order valence-electron chi connectivity index (χ3n) is 3.01. The number of nitrogens with zero attached hydrogens (tertiary/aromatic N) is 1. The van der Waals surface area contributed by atoms with Crippen LogP contribution in [0.2, 0.25) is 0 Å². The number of amides is 3. The number of piperazine rings is 1. The molecule has 0 aliphatic carbocycles. The summed E-state index contributed by atoms with van der Waals surface area (Å²) in [5, 5.41) is 10.9. The second kappa shape index (κ2) is 6.52. The predicted octanol–water partition coefficient (Wildman–Crippen LogP) is -0.0309. The Kier molecular flexibility index (Phi) is 4.73. The van der Waals surface area contributed by atoms with Crippen molar-refractivity contribution in [3.8, 4) is 11.8 Å². The van der Waals surface area contributed by atoms with Crippen molar-refractivity contribution in [3.05, 3.63) is 21.9 Å². The number of rotatable bonds is 2. The number of aliphatic hydroxyl groups is 1. The molecule has 2 rings (SSSR count). The SMILES string of the molecule is CCC1C(=O)NC(=O)CN1C(=O)c1ccc(C#CCO)s1. The summed E-state index contributed by atoms with van der Waals surface area (Å²) < 4.78 is 0. The van der Waals surface area contributed by atoms with Crippen LogP contribution in [0.25, 0.3) is 0 Å². The van der Waals surface area contributed by atoms with Gasteiger partial charge in [0.05, 0.1) is 9.75 Å². The minimum atomic E-state index is -0.635. The Morgan fingerprint density at radius 2 is 2.29 bits per heavy atom. The highest BCUT2D eigenvalue weighted by Gasteiger charge is 2.36. The fourth-order valence-electron chi connectivity index (χ4n) is 2.07. The summed E-state index contributed by atoms with van der Waals surface area (Å²) in [4.78, 5) is 38.0. The highest BCUT2D eigenvalue weighted by Crippen LogP contribution is 2.20. The standard InChI is InChI=1S/C14H14N2O4S/c1-2-10-13(19)15-12(18)8-16(10)14(20)11-6-5-9(21-11)4-3-7-17/h5-6,10,17H,2,7-8H2,1H3,(H,15,18,19). The van der Waals surface area contributed by atoms with Gasteiger partial charge < -0.3 is 10.0 Å². The minimum absolute atomic E-state index is 0.126. The van der Waals surface area contributed by atoms with Crippen LogP contribution in [0.15, 0.2) is 12.1 Å². The predicted molar refractivity (Wildman–Crippen MR) is 76.5 cm³/mol. The maximum atomic E-state index is 12.5. The summed E-state index contributed by atoms with van der Waals surface area (Å²) in [5.74, 6) is 3.94. The lowest BCUT2D eigenvalue weighted by Crippen LogP contribution is -2.59. The molecule has 1 fully saturated rings. The van der Waals surface area contributed by atoms with Crippen LogP contribution in [-0.2, 0) is 9.59 Å². The van der Waals surface area contributed by atoms with E-state index in [1.807, 2.05) is 0 Å². The van der Waals surface area contributed by atoms with Gasteiger partial charge in [-0.15, -0.1) is 11.3 Å². The third-order valence-corrected chi connectivity index (χ3v) is 4.00. The number of hydrogen-bond acceptors (Lipinski definition) is 5. The Morgan fingerprint density at radius 1 is 1.52 bits per heavy atom. The minimum Gasteiger partial charge on any atom is -0.384 e. The summed E-state index contributed by atoms with van der Waals surface area (Å²) in [6, 6.07) is 2.65. The molecule has 1 saturated heterocycles. The molecule has 110 valence electrons. The van der Waals surface area contributed by atoms with Gasteiger partial charge in [0.15, 0.2) is 0 Å². The molecule has 0 bridgehead atoms. The molecule has 0 aromatic carbocycles. The van der Waals surface area contributed by atoms with Crippen LogP contribution in [0.1, 0.15) is 27.9 Å². The Bertz CT molecular complexity index is 641. The van der Waals surface area contributed by atoms with Crippen molar-refractivity contribution < 1.29 is 19.5 Å². The van der Waals surface area contributed by atoms with E-state index in [9.17, 15) is 14.4 Å². The first kappa shape index (κ1) is 15.2. The number of aliphatic hydroxyl groups excluding tert-OH is 1. The first-order valence-electron chi connectivity index (χ1n) is 6.41. The average Bonchev–Trinajstić information content (AvgIpc) is 2.92. The van der Waals surface area contributed by atoms with E-state index in [0.717, 1.165) is 0 Å². The van der Waals surface area contributed by atoms with E-state index in [1.54, 1.807) is 19.1 Å². The van der Waals surface area contributed by atoms with Gasteiger partial charge in [0, 0.05) is 0 Å². The molecule has 1 unspecified atom stereocenters. The van der Waals surface area contributed by atoms with Crippen molar-refractivity contribution in [2.75, 3.05) is 13.2 Å². The van der Waals surface area contributed by atoms with Crippen molar-refractivity contribution in [2.45, 2.75) is 19.4 Å². The summed E-state index contributed by atoms with van der Waals surface area (Å²) >= 11 is 1.17. The van der Waals surface area contributed by atoms with Gasteiger partial charge in [0.25, 0.3) is 5.91 Å². The van der Waals surface area contributed by atoms with E-state index >= 15 is 0 Å². The van der Waals surface area contributed by atoms with Crippen LogP contribution in [0, 0.1) is 11.8 Å². The average molecular weight is 306 g/mol. The fraction of sp³-hybridized carbons (Fsp3) is 0.357. The maximum absolute atomic E-state index is 12.5. The lowest BCUT2D eigenvalue weighted by atomic mass is 10.1. The van der Waals surface area contributed by atoms with Gasteiger partial charge in [-0.1, -0.05) is 18.8 Å². The summed E-state index contributed by atoms with van der Waals surface area (Å²) in [7, 11) is 0. The summed E-state index contributed by atoms with van der Waals surface area (Å²) in [5.41, 5.74) is 0. The van der Waals surface area contributed by atoms with Crippen LogP contribution in [0.5, 0.6) is 0 Å². The molecule has 1 aromatic rings. The van der Waals surface area contributed by atoms with E-state index in [0.29, 0.717) is 16.2 Å². The van der Waals surface area contributed by atoms with Gasteiger partial charge in [0.1, 0.15) is 19.2 Å². The topological polar surface area (TPSA) is 86.7 Å². The van der Waals surface area contributed by atoms with Crippen LogP contribution in [0.4, 0.5) is 0 Å². The van der Waals surface area contributed by atoms with Gasteiger partial charge in [0.2, 0.25) is 11.8 Å². The van der Waals surface area contributed by atoms with Crippen molar-refractivity contribution >= 4 is 29.1 Å². The lowest BCUT2D eigenvalue weighted by molar-refractivity contribution is -0.138. The zero-order valence-electron chi connectivity index (χ0n) is 11.4. The van der Waals surface area contributed by atoms with Crippen LogP contribution < -0.4 is 5.32 Å². The number of carbonyl (C=O) groups excluding carboxylic acids is 3. The van der Waals surface area contributed by atoms with Gasteiger partial charge in [-0.25, -0.2) is 0 Å². The third kappa shape index (κ3) is 3.29. The van der Waals surface area contributed by atoms with Crippen LogP contribution >= 0.6 is 11.3 Å². The quantitative estimate of drug-likeness (QED) is 0.593. The Labute approximate surface area is 125 Å². The van der Waals surface area contributed by atoms with Gasteiger partial charge >= 0.3 is 0 Å². The second-order valence-electron chi connectivity index (χ2n) is 4.39. The van der Waals surface area contributed by atoms with E-state index in [1.165, 1.54) is 16.2 Å². The molecule has 0 radical (unpaired) electrons. The lowest BCUT2D eigenvalue weighted by Gasteiger charge is -2.33. The van der Waals surface area contributed by atoms with Crippen molar-refractivity contribution in [1.82, 2.24) is 10.2 Å². The molecular formula is C14H14N2O4S. The van der Waals surface area contributed by atoms with Gasteiger partial charge in [-0.3, -0.25) is 19.7 Å². The molecule has 0 saturated carbocycles. The number of carbonyl (C=O) groups is 3. The molecule has 3 amide bonds. The number of imide groups is 1. The monoisotopic (exact) mass is 306 g/mol.